The van der Waals surface area contributed by atoms with E-state index in [2.05, 4.69) is 10.6 Å². The lowest BCUT2D eigenvalue weighted by molar-refractivity contribution is -0.114. The number of rotatable bonds is 6. The van der Waals surface area contributed by atoms with Gasteiger partial charge < -0.3 is 15.4 Å². The third-order valence-corrected chi connectivity index (χ3v) is 3.97. The molecule has 0 saturated heterocycles. The number of para-hydroxylation sites is 1. The fourth-order valence-electron chi connectivity index (χ4n) is 2.76. The molecule has 5 heteroatoms. The summed E-state index contributed by atoms with van der Waals surface area (Å²) in [6, 6.07) is 17.3. The molecule has 1 fully saturated rings. The standard InChI is InChI=1S/C19H22N2O2.ClH/c22-19(14-20-15-6-2-1-3-7-15)21-16-10-12-18(13-11-16)23-17-8-4-5-9-17;/h1-3,6-7,10-13,17,20H,4-5,8-9,14H2,(H,21,22);1H. The molecule has 0 atom stereocenters. The summed E-state index contributed by atoms with van der Waals surface area (Å²) in [5.41, 5.74) is 1.71. The van der Waals surface area contributed by atoms with Gasteiger partial charge in [-0.3, -0.25) is 4.79 Å². The van der Waals surface area contributed by atoms with Gasteiger partial charge in [-0.2, -0.15) is 0 Å². The SMILES string of the molecule is Cl.O=C(CNc1ccccc1)Nc1ccc(OC2CCCC2)cc1. The van der Waals surface area contributed by atoms with Gasteiger partial charge in [-0.05, 0) is 62.1 Å². The van der Waals surface area contributed by atoms with Gasteiger partial charge in [0.2, 0.25) is 5.91 Å². The summed E-state index contributed by atoms with van der Waals surface area (Å²) in [5, 5.41) is 5.96. The Hall–Kier alpha value is -2.20. The van der Waals surface area contributed by atoms with Gasteiger partial charge in [-0.25, -0.2) is 0 Å². The van der Waals surface area contributed by atoms with Crippen molar-refractivity contribution in [1.29, 1.82) is 0 Å². The second kappa shape index (κ2) is 9.18. The molecule has 1 aliphatic rings. The Morgan fingerprint density at radius 1 is 0.958 bits per heavy atom. The molecule has 0 heterocycles. The van der Waals surface area contributed by atoms with Crippen LogP contribution in [0.15, 0.2) is 54.6 Å². The van der Waals surface area contributed by atoms with Crippen LogP contribution >= 0.6 is 12.4 Å². The maximum Gasteiger partial charge on any atom is 0.243 e. The number of anilines is 2. The van der Waals surface area contributed by atoms with Gasteiger partial charge in [0.15, 0.2) is 0 Å². The molecule has 0 unspecified atom stereocenters. The highest BCUT2D eigenvalue weighted by atomic mass is 35.5. The maximum absolute atomic E-state index is 11.9. The van der Waals surface area contributed by atoms with Crippen LogP contribution < -0.4 is 15.4 Å². The maximum atomic E-state index is 11.9. The molecule has 0 spiro atoms. The van der Waals surface area contributed by atoms with Gasteiger partial charge in [-0.1, -0.05) is 18.2 Å². The quantitative estimate of drug-likeness (QED) is 0.810. The predicted molar refractivity (Wildman–Crippen MR) is 100 cm³/mol. The van der Waals surface area contributed by atoms with E-state index in [0.29, 0.717) is 6.10 Å². The minimum Gasteiger partial charge on any atom is -0.490 e. The Bertz CT molecular complexity index is 626. The van der Waals surface area contributed by atoms with Crippen molar-refractivity contribution in [3.05, 3.63) is 54.6 Å². The van der Waals surface area contributed by atoms with E-state index in [-0.39, 0.29) is 24.9 Å². The van der Waals surface area contributed by atoms with E-state index >= 15 is 0 Å². The summed E-state index contributed by atoms with van der Waals surface area (Å²) in [6.07, 6.45) is 5.15. The number of hydrogen-bond acceptors (Lipinski definition) is 3. The molecule has 3 rings (SSSR count). The highest BCUT2D eigenvalue weighted by Gasteiger charge is 2.16. The van der Waals surface area contributed by atoms with E-state index in [9.17, 15) is 4.79 Å². The van der Waals surface area contributed by atoms with Crippen LogP contribution in [-0.4, -0.2) is 18.6 Å². The van der Waals surface area contributed by atoms with E-state index in [1.165, 1.54) is 12.8 Å². The monoisotopic (exact) mass is 346 g/mol. The molecule has 1 aliphatic carbocycles. The fourth-order valence-corrected chi connectivity index (χ4v) is 2.76. The summed E-state index contributed by atoms with van der Waals surface area (Å²) in [7, 11) is 0. The number of nitrogens with one attached hydrogen (secondary N) is 2. The van der Waals surface area contributed by atoms with Crippen LogP contribution in [0.2, 0.25) is 0 Å². The molecule has 1 saturated carbocycles. The normalized spacial score (nSPS) is 13.8. The van der Waals surface area contributed by atoms with Crippen molar-refractivity contribution in [2.75, 3.05) is 17.2 Å². The molecule has 0 aromatic heterocycles. The fraction of sp³-hybridized carbons (Fsp3) is 0.316. The molecular weight excluding hydrogens is 324 g/mol. The Balaban J connectivity index is 0.00000208. The van der Waals surface area contributed by atoms with E-state index in [1.54, 1.807) is 0 Å². The average molecular weight is 347 g/mol. The topological polar surface area (TPSA) is 50.4 Å². The van der Waals surface area contributed by atoms with Crippen molar-refractivity contribution in [2.45, 2.75) is 31.8 Å². The molecule has 2 aromatic carbocycles. The second-order valence-corrected chi connectivity index (χ2v) is 5.82. The van der Waals surface area contributed by atoms with Crippen molar-refractivity contribution in [2.24, 2.45) is 0 Å². The second-order valence-electron chi connectivity index (χ2n) is 5.82. The van der Waals surface area contributed by atoms with Crippen LogP contribution in [0, 0.1) is 0 Å². The molecule has 1 amide bonds. The molecule has 0 radical (unpaired) electrons. The van der Waals surface area contributed by atoms with E-state index in [4.69, 9.17) is 4.74 Å². The zero-order valence-electron chi connectivity index (χ0n) is 13.5. The molecule has 128 valence electrons. The van der Waals surface area contributed by atoms with Gasteiger partial charge in [0.25, 0.3) is 0 Å². The highest BCUT2D eigenvalue weighted by Crippen LogP contribution is 2.24. The Labute approximate surface area is 149 Å². The van der Waals surface area contributed by atoms with E-state index in [1.807, 2.05) is 54.6 Å². The number of halogens is 1. The largest absolute Gasteiger partial charge is 0.490 e. The average Bonchev–Trinajstić information content (AvgIpc) is 3.09. The van der Waals surface area contributed by atoms with Crippen LogP contribution in [0.25, 0.3) is 0 Å². The van der Waals surface area contributed by atoms with Crippen LogP contribution in [0.1, 0.15) is 25.7 Å². The minimum atomic E-state index is -0.0710. The lowest BCUT2D eigenvalue weighted by Gasteiger charge is -2.13. The van der Waals surface area contributed by atoms with Crippen molar-refractivity contribution >= 4 is 29.7 Å². The summed E-state index contributed by atoms with van der Waals surface area (Å²) in [6.45, 7) is 0.240. The first kappa shape index (κ1) is 18.1. The van der Waals surface area contributed by atoms with Crippen LogP contribution in [-0.2, 0) is 4.79 Å². The molecule has 0 bridgehead atoms. The van der Waals surface area contributed by atoms with Crippen LogP contribution in [0.5, 0.6) is 5.75 Å². The molecule has 0 aliphatic heterocycles. The summed E-state index contributed by atoms with van der Waals surface area (Å²) >= 11 is 0. The summed E-state index contributed by atoms with van der Waals surface area (Å²) < 4.78 is 5.92. The van der Waals surface area contributed by atoms with Gasteiger partial charge in [-0.15, -0.1) is 12.4 Å². The zero-order chi connectivity index (χ0) is 15.9. The molecule has 4 nitrogen and oxygen atoms in total. The van der Waals surface area contributed by atoms with Crippen LogP contribution in [0.3, 0.4) is 0 Å². The smallest absolute Gasteiger partial charge is 0.243 e. The minimum absolute atomic E-state index is 0. The van der Waals surface area contributed by atoms with Crippen molar-refractivity contribution < 1.29 is 9.53 Å². The summed E-state index contributed by atoms with van der Waals surface area (Å²) in [5.74, 6) is 0.802. The van der Waals surface area contributed by atoms with Crippen molar-refractivity contribution in [3.8, 4) is 5.75 Å². The Kier molecular flexibility index (Phi) is 6.94. The zero-order valence-corrected chi connectivity index (χ0v) is 14.4. The van der Waals surface area contributed by atoms with Gasteiger partial charge in [0, 0.05) is 11.4 Å². The lowest BCUT2D eigenvalue weighted by atomic mass is 10.2. The number of hydrogen-bond donors (Lipinski definition) is 2. The Morgan fingerprint density at radius 2 is 1.62 bits per heavy atom. The number of benzene rings is 2. The molecular formula is C19H23ClN2O2. The van der Waals surface area contributed by atoms with Crippen molar-refractivity contribution in [1.82, 2.24) is 0 Å². The van der Waals surface area contributed by atoms with Crippen molar-refractivity contribution in [3.63, 3.8) is 0 Å². The number of carbonyl (C=O) groups is 1. The first-order valence-corrected chi connectivity index (χ1v) is 8.15. The Morgan fingerprint density at radius 3 is 2.29 bits per heavy atom. The lowest BCUT2D eigenvalue weighted by Crippen LogP contribution is -2.21. The number of ether oxygens (including phenoxy) is 1. The first-order chi connectivity index (χ1) is 11.3. The first-order valence-electron chi connectivity index (χ1n) is 8.15. The predicted octanol–water partition coefficient (Wildman–Crippen LogP) is 4.48. The molecule has 2 aromatic rings. The highest BCUT2D eigenvalue weighted by molar-refractivity contribution is 5.93. The van der Waals surface area contributed by atoms with Gasteiger partial charge in [0.1, 0.15) is 5.75 Å². The molecule has 24 heavy (non-hydrogen) atoms. The van der Waals surface area contributed by atoms with Crippen LogP contribution in [0.4, 0.5) is 11.4 Å². The number of carbonyl (C=O) groups excluding carboxylic acids is 1. The third kappa shape index (κ3) is 5.46. The summed E-state index contributed by atoms with van der Waals surface area (Å²) in [4.78, 5) is 11.9. The van der Waals surface area contributed by atoms with Gasteiger partial charge >= 0.3 is 0 Å². The van der Waals surface area contributed by atoms with Gasteiger partial charge in [0.05, 0.1) is 12.6 Å². The van der Waals surface area contributed by atoms with E-state index < -0.39 is 0 Å². The number of amides is 1. The van der Waals surface area contributed by atoms with E-state index in [0.717, 1.165) is 30.0 Å². The third-order valence-electron chi connectivity index (χ3n) is 3.97. The molecule has 2 N–H and O–H groups in total.